The molecule has 3 aromatic heterocycles. The van der Waals surface area contributed by atoms with E-state index < -0.39 is 0 Å². The monoisotopic (exact) mass is 334 g/mol. The second kappa shape index (κ2) is 5.62. The molecule has 3 heterocycles. The molecule has 0 aliphatic heterocycles. The summed E-state index contributed by atoms with van der Waals surface area (Å²) >= 11 is 0. The van der Waals surface area contributed by atoms with Crippen molar-refractivity contribution in [3.05, 3.63) is 64.5 Å². The lowest BCUT2D eigenvalue weighted by Gasteiger charge is -2.09. The second-order valence-corrected chi connectivity index (χ2v) is 6.08. The Morgan fingerprint density at radius 3 is 2.72 bits per heavy atom. The van der Waals surface area contributed by atoms with E-state index in [0.717, 1.165) is 27.9 Å². The highest BCUT2D eigenvalue weighted by Crippen LogP contribution is 2.26. The molecule has 4 aromatic rings. The van der Waals surface area contributed by atoms with Crippen LogP contribution in [0.25, 0.3) is 22.0 Å². The molecular formula is C18H18N6O. The van der Waals surface area contributed by atoms with Gasteiger partial charge in [0.25, 0.3) is 5.56 Å². The minimum Gasteiger partial charge on any atom is -0.369 e. The molecule has 7 nitrogen and oxygen atoms in total. The average Bonchev–Trinajstić information content (AvgIpc) is 3.13. The number of nitrogens with two attached hydrogens (primary N) is 1. The number of H-pyrrole nitrogens is 1. The van der Waals surface area contributed by atoms with Crippen LogP contribution < -0.4 is 11.3 Å². The summed E-state index contributed by atoms with van der Waals surface area (Å²) in [5.74, 6) is 0.433. The van der Waals surface area contributed by atoms with Gasteiger partial charge >= 0.3 is 0 Å². The van der Waals surface area contributed by atoms with Crippen molar-refractivity contribution in [3.8, 4) is 11.1 Å². The van der Waals surface area contributed by atoms with Crippen LogP contribution in [-0.2, 0) is 13.6 Å². The van der Waals surface area contributed by atoms with E-state index in [0.29, 0.717) is 18.1 Å². The highest BCUT2D eigenvalue weighted by Gasteiger charge is 2.11. The fourth-order valence-corrected chi connectivity index (χ4v) is 3.09. The molecule has 126 valence electrons. The number of rotatable bonds is 3. The Kier molecular flexibility index (Phi) is 3.42. The lowest BCUT2D eigenvalue weighted by Crippen LogP contribution is -2.15. The van der Waals surface area contributed by atoms with Crippen molar-refractivity contribution in [2.24, 2.45) is 7.05 Å². The molecule has 0 amide bonds. The molecule has 0 aliphatic carbocycles. The number of aryl methyl sites for hydroxylation is 2. The molecule has 1 aromatic carbocycles. The number of hydrogen-bond acceptors (Lipinski definition) is 4. The zero-order valence-electron chi connectivity index (χ0n) is 14.0. The van der Waals surface area contributed by atoms with Gasteiger partial charge in [0.1, 0.15) is 0 Å². The fraction of sp³-hybridized carbons (Fsp3) is 0.167. The van der Waals surface area contributed by atoms with E-state index in [2.05, 4.69) is 15.1 Å². The van der Waals surface area contributed by atoms with Crippen LogP contribution >= 0.6 is 0 Å². The predicted octanol–water partition coefficient (Wildman–Crippen LogP) is 2.06. The van der Waals surface area contributed by atoms with Crippen molar-refractivity contribution in [1.82, 2.24) is 24.3 Å². The van der Waals surface area contributed by atoms with E-state index in [1.54, 1.807) is 17.1 Å². The molecule has 0 saturated heterocycles. The number of nitrogens with zero attached hydrogens (tertiary/aromatic N) is 4. The van der Waals surface area contributed by atoms with Crippen molar-refractivity contribution in [3.63, 3.8) is 0 Å². The van der Waals surface area contributed by atoms with E-state index in [4.69, 9.17) is 5.73 Å². The zero-order chi connectivity index (χ0) is 17.6. The SMILES string of the molecule is Cc1cnc(N)n1Cc1ccc(-c2cccc3c2cnn3C)c(=O)[nH]1. The summed E-state index contributed by atoms with van der Waals surface area (Å²) in [5.41, 5.74) is 9.94. The smallest absolute Gasteiger partial charge is 0.256 e. The number of nitrogens with one attached hydrogen (secondary N) is 1. The number of pyridine rings is 1. The van der Waals surface area contributed by atoms with Gasteiger partial charge in [-0.25, -0.2) is 4.98 Å². The number of fused-ring (bicyclic) bond motifs is 1. The summed E-state index contributed by atoms with van der Waals surface area (Å²) in [5, 5.41) is 5.24. The normalized spacial score (nSPS) is 11.3. The third-order valence-corrected chi connectivity index (χ3v) is 4.47. The van der Waals surface area contributed by atoms with E-state index in [9.17, 15) is 4.79 Å². The second-order valence-electron chi connectivity index (χ2n) is 6.08. The number of nitrogen functional groups attached to an aromatic ring is 1. The topological polar surface area (TPSA) is 94.5 Å². The van der Waals surface area contributed by atoms with Crippen LogP contribution in [0, 0.1) is 6.92 Å². The Morgan fingerprint density at radius 2 is 2.00 bits per heavy atom. The maximum Gasteiger partial charge on any atom is 0.256 e. The van der Waals surface area contributed by atoms with Gasteiger partial charge in [0.2, 0.25) is 5.95 Å². The van der Waals surface area contributed by atoms with Crippen molar-refractivity contribution < 1.29 is 0 Å². The van der Waals surface area contributed by atoms with E-state index in [1.807, 2.05) is 48.9 Å². The van der Waals surface area contributed by atoms with Gasteiger partial charge < -0.3 is 15.3 Å². The van der Waals surface area contributed by atoms with Gasteiger partial charge in [0, 0.05) is 29.4 Å². The predicted molar refractivity (Wildman–Crippen MR) is 97.2 cm³/mol. The first kappa shape index (κ1) is 15.2. The number of imidazole rings is 1. The molecule has 0 aliphatic rings. The number of benzene rings is 1. The maximum absolute atomic E-state index is 12.7. The lowest BCUT2D eigenvalue weighted by atomic mass is 10.0. The van der Waals surface area contributed by atoms with E-state index in [-0.39, 0.29) is 5.56 Å². The van der Waals surface area contributed by atoms with Crippen LogP contribution in [0.1, 0.15) is 11.4 Å². The first-order valence-electron chi connectivity index (χ1n) is 7.95. The Hall–Kier alpha value is -3.35. The van der Waals surface area contributed by atoms with Crippen molar-refractivity contribution in [2.45, 2.75) is 13.5 Å². The van der Waals surface area contributed by atoms with Crippen LogP contribution in [0.4, 0.5) is 5.95 Å². The van der Waals surface area contributed by atoms with Gasteiger partial charge in [0.05, 0.1) is 24.5 Å². The summed E-state index contributed by atoms with van der Waals surface area (Å²) in [7, 11) is 1.89. The summed E-state index contributed by atoms with van der Waals surface area (Å²) in [6.07, 6.45) is 3.50. The molecule has 3 N–H and O–H groups in total. The molecule has 0 fully saturated rings. The molecule has 0 bridgehead atoms. The molecular weight excluding hydrogens is 316 g/mol. The fourth-order valence-electron chi connectivity index (χ4n) is 3.09. The first-order chi connectivity index (χ1) is 12.0. The summed E-state index contributed by atoms with van der Waals surface area (Å²) < 4.78 is 3.65. The molecule has 0 radical (unpaired) electrons. The minimum atomic E-state index is -0.134. The van der Waals surface area contributed by atoms with E-state index in [1.165, 1.54) is 0 Å². The number of aromatic nitrogens is 5. The number of anilines is 1. The van der Waals surface area contributed by atoms with Crippen molar-refractivity contribution in [2.75, 3.05) is 5.73 Å². The molecule has 0 atom stereocenters. The summed E-state index contributed by atoms with van der Waals surface area (Å²) in [6, 6.07) is 9.61. The third kappa shape index (κ3) is 2.50. The van der Waals surface area contributed by atoms with Crippen LogP contribution in [0.3, 0.4) is 0 Å². The first-order valence-corrected chi connectivity index (χ1v) is 7.95. The molecule has 0 unspecified atom stereocenters. The van der Waals surface area contributed by atoms with Gasteiger partial charge in [-0.1, -0.05) is 12.1 Å². The highest BCUT2D eigenvalue weighted by atomic mass is 16.1. The molecule has 25 heavy (non-hydrogen) atoms. The Bertz CT molecular complexity index is 1110. The van der Waals surface area contributed by atoms with Crippen molar-refractivity contribution >= 4 is 16.9 Å². The average molecular weight is 334 g/mol. The van der Waals surface area contributed by atoms with E-state index >= 15 is 0 Å². The Balaban J connectivity index is 1.76. The van der Waals surface area contributed by atoms with Crippen molar-refractivity contribution in [1.29, 1.82) is 0 Å². The van der Waals surface area contributed by atoms with Gasteiger partial charge in [-0.3, -0.25) is 9.48 Å². The van der Waals surface area contributed by atoms with Crippen LogP contribution in [0.15, 0.2) is 47.5 Å². The quantitative estimate of drug-likeness (QED) is 0.599. The number of hydrogen-bond donors (Lipinski definition) is 2. The lowest BCUT2D eigenvalue weighted by molar-refractivity contribution is 0.758. The minimum absolute atomic E-state index is 0.134. The standard InChI is InChI=1S/C18H18N6O/c1-11-8-20-18(19)24(11)10-12-6-7-14(17(25)22-12)13-4-3-5-16-15(13)9-21-23(16)2/h3-9H,10H2,1-2H3,(H2,19,20)(H,22,25). The van der Waals surface area contributed by atoms with Gasteiger partial charge in [-0.15, -0.1) is 0 Å². The van der Waals surface area contributed by atoms with Gasteiger partial charge in [0.15, 0.2) is 0 Å². The Morgan fingerprint density at radius 1 is 1.16 bits per heavy atom. The van der Waals surface area contributed by atoms with Gasteiger partial charge in [-0.2, -0.15) is 5.10 Å². The molecule has 0 saturated carbocycles. The van der Waals surface area contributed by atoms with Gasteiger partial charge in [-0.05, 0) is 30.7 Å². The summed E-state index contributed by atoms with van der Waals surface area (Å²) in [4.78, 5) is 19.7. The molecule has 7 heteroatoms. The largest absolute Gasteiger partial charge is 0.369 e. The maximum atomic E-state index is 12.7. The van der Waals surface area contributed by atoms with Crippen LogP contribution in [0.5, 0.6) is 0 Å². The zero-order valence-corrected chi connectivity index (χ0v) is 14.0. The Labute approximate surface area is 143 Å². The van der Waals surface area contributed by atoms with Crippen LogP contribution in [0.2, 0.25) is 0 Å². The third-order valence-electron chi connectivity index (χ3n) is 4.47. The highest BCUT2D eigenvalue weighted by molar-refractivity contribution is 5.94. The summed E-state index contributed by atoms with van der Waals surface area (Å²) in [6.45, 7) is 2.41. The molecule has 4 rings (SSSR count). The number of aromatic amines is 1. The molecule has 0 spiro atoms. The van der Waals surface area contributed by atoms with Crippen LogP contribution in [-0.4, -0.2) is 24.3 Å².